The second-order valence-electron chi connectivity index (χ2n) is 7.14. The Morgan fingerprint density at radius 2 is 2.15 bits per heavy atom. The molecule has 0 spiro atoms. The van der Waals surface area contributed by atoms with Gasteiger partial charge in [0.1, 0.15) is 18.2 Å². The standard InChI is InChI=1S/C21H27N5O/c1-3-4-7-25-9-6-22-20-5-8-26-21(24-20)19(15-23-26)17-12-16(2)13-18(14-17)27-11-10-25/h5,8,12-15H,3-4,6-7,9-11H2,1-2H3,(H,22,24). The molecule has 0 atom stereocenters. The molecule has 6 heteroatoms. The number of hydrogen-bond donors (Lipinski definition) is 1. The molecule has 0 saturated heterocycles. The van der Waals surface area contributed by atoms with Crippen LogP contribution in [0.15, 0.2) is 36.7 Å². The summed E-state index contributed by atoms with van der Waals surface area (Å²) in [4.78, 5) is 7.26. The zero-order valence-electron chi connectivity index (χ0n) is 16.1. The highest BCUT2D eigenvalue weighted by Gasteiger charge is 2.12. The van der Waals surface area contributed by atoms with Gasteiger partial charge in [-0.2, -0.15) is 5.10 Å². The van der Waals surface area contributed by atoms with Gasteiger partial charge >= 0.3 is 0 Å². The molecule has 6 nitrogen and oxygen atoms in total. The van der Waals surface area contributed by atoms with Gasteiger partial charge in [0.25, 0.3) is 0 Å². The first kappa shape index (κ1) is 17.8. The number of ether oxygens (including phenoxy) is 1. The van der Waals surface area contributed by atoms with E-state index >= 15 is 0 Å². The van der Waals surface area contributed by atoms with E-state index in [0.29, 0.717) is 6.61 Å². The highest BCUT2D eigenvalue weighted by atomic mass is 16.5. The van der Waals surface area contributed by atoms with Gasteiger partial charge in [0.05, 0.1) is 6.20 Å². The number of anilines is 1. The summed E-state index contributed by atoms with van der Waals surface area (Å²) in [6, 6.07) is 8.33. The minimum absolute atomic E-state index is 0.694. The third-order valence-electron chi connectivity index (χ3n) is 4.97. The van der Waals surface area contributed by atoms with Crippen LogP contribution in [0.3, 0.4) is 0 Å². The van der Waals surface area contributed by atoms with E-state index in [-0.39, 0.29) is 0 Å². The van der Waals surface area contributed by atoms with Crippen LogP contribution >= 0.6 is 0 Å². The lowest BCUT2D eigenvalue weighted by atomic mass is 10.1. The Bertz CT molecular complexity index is 920. The number of fused-ring (bicyclic) bond motifs is 4. The molecular weight excluding hydrogens is 338 g/mol. The summed E-state index contributed by atoms with van der Waals surface area (Å²) >= 11 is 0. The van der Waals surface area contributed by atoms with Crippen LogP contribution in [0.4, 0.5) is 5.82 Å². The lowest BCUT2D eigenvalue weighted by molar-refractivity contribution is 0.211. The van der Waals surface area contributed by atoms with Gasteiger partial charge in [-0.15, -0.1) is 0 Å². The molecular formula is C21H27N5O. The monoisotopic (exact) mass is 365 g/mol. The lowest BCUT2D eigenvalue weighted by Crippen LogP contribution is -2.33. The number of nitrogens with one attached hydrogen (secondary N) is 1. The summed E-state index contributed by atoms with van der Waals surface area (Å²) in [5.41, 5.74) is 4.14. The summed E-state index contributed by atoms with van der Waals surface area (Å²) in [5.74, 6) is 1.80. The molecule has 3 aromatic rings. The summed E-state index contributed by atoms with van der Waals surface area (Å²) in [5, 5.41) is 7.92. The van der Waals surface area contributed by atoms with Gasteiger partial charge in [0.2, 0.25) is 0 Å². The normalized spacial score (nSPS) is 15.3. The molecule has 0 radical (unpaired) electrons. The number of benzene rings is 1. The van der Waals surface area contributed by atoms with E-state index in [1.165, 1.54) is 18.4 Å². The third-order valence-corrected chi connectivity index (χ3v) is 4.97. The fraction of sp³-hybridized carbons (Fsp3) is 0.429. The summed E-state index contributed by atoms with van der Waals surface area (Å²) < 4.78 is 7.92. The fourth-order valence-electron chi connectivity index (χ4n) is 3.51. The van der Waals surface area contributed by atoms with Crippen molar-refractivity contribution >= 4 is 11.5 Å². The van der Waals surface area contributed by atoms with Crippen molar-refractivity contribution in [3.05, 3.63) is 42.2 Å². The molecule has 2 aromatic heterocycles. The van der Waals surface area contributed by atoms with Crippen LogP contribution in [-0.2, 0) is 0 Å². The largest absolute Gasteiger partial charge is 0.492 e. The van der Waals surface area contributed by atoms with Crippen LogP contribution in [0, 0.1) is 6.92 Å². The number of aromatic nitrogens is 3. The molecule has 0 amide bonds. The van der Waals surface area contributed by atoms with Crippen molar-refractivity contribution in [3.8, 4) is 16.9 Å². The first-order chi connectivity index (χ1) is 13.2. The van der Waals surface area contributed by atoms with Crippen molar-refractivity contribution in [1.29, 1.82) is 0 Å². The Labute approximate surface area is 160 Å². The average molecular weight is 365 g/mol. The van der Waals surface area contributed by atoms with Gasteiger partial charge in [-0.3, -0.25) is 4.90 Å². The molecule has 0 aliphatic carbocycles. The third kappa shape index (κ3) is 4.06. The van der Waals surface area contributed by atoms with Crippen LogP contribution in [0.5, 0.6) is 5.75 Å². The Balaban J connectivity index is 1.71. The molecule has 142 valence electrons. The lowest BCUT2D eigenvalue weighted by Gasteiger charge is -2.23. The van der Waals surface area contributed by atoms with Gasteiger partial charge in [0, 0.05) is 31.4 Å². The number of unbranched alkanes of at least 4 members (excludes halogenated alkanes) is 1. The van der Waals surface area contributed by atoms with Crippen LogP contribution in [0.2, 0.25) is 0 Å². The van der Waals surface area contributed by atoms with Crippen LogP contribution < -0.4 is 10.1 Å². The van der Waals surface area contributed by atoms with Gasteiger partial charge in [-0.25, -0.2) is 9.50 Å². The number of hydrogen-bond acceptors (Lipinski definition) is 5. The van der Waals surface area contributed by atoms with E-state index in [2.05, 4.69) is 47.4 Å². The minimum Gasteiger partial charge on any atom is -0.492 e. The molecule has 27 heavy (non-hydrogen) atoms. The number of aryl methyl sites for hydroxylation is 1. The quantitative estimate of drug-likeness (QED) is 0.768. The van der Waals surface area contributed by atoms with E-state index in [1.807, 2.05) is 23.0 Å². The van der Waals surface area contributed by atoms with Crippen molar-refractivity contribution in [3.63, 3.8) is 0 Å². The van der Waals surface area contributed by atoms with E-state index in [9.17, 15) is 0 Å². The molecule has 1 aromatic carbocycles. The zero-order chi connectivity index (χ0) is 18.6. The van der Waals surface area contributed by atoms with Gasteiger partial charge in [0.15, 0.2) is 5.65 Å². The van der Waals surface area contributed by atoms with Crippen molar-refractivity contribution < 1.29 is 4.74 Å². The number of rotatable bonds is 3. The molecule has 0 unspecified atom stereocenters. The molecule has 0 saturated carbocycles. The highest BCUT2D eigenvalue weighted by molar-refractivity contribution is 5.78. The van der Waals surface area contributed by atoms with E-state index in [4.69, 9.17) is 9.72 Å². The van der Waals surface area contributed by atoms with E-state index in [0.717, 1.165) is 54.5 Å². The SMILES string of the molecule is CCCCN1CCNc2ccn3ncc(c3n2)-c2cc(C)cc(c2)OCC1. The molecule has 0 fully saturated rings. The first-order valence-corrected chi connectivity index (χ1v) is 9.78. The predicted molar refractivity (Wildman–Crippen MR) is 108 cm³/mol. The second kappa shape index (κ2) is 7.96. The summed E-state index contributed by atoms with van der Waals surface area (Å²) in [7, 11) is 0. The Morgan fingerprint density at radius 1 is 1.22 bits per heavy atom. The van der Waals surface area contributed by atoms with E-state index in [1.54, 1.807) is 0 Å². The van der Waals surface area contributed by atoms with Gasteiger partial charge in [-0.05, 0) is 49.2 Å². The number of nitrogens with zero attached hydrogens (tertiary/aromatic N) is 4. The maximum absolute atomic E-state index is 6.10. The molecule has 1 aliphatic rings. The molecule has 1 aliphatic heterocycles. The predicted octanol–water partition coefficient (Wildman–Crippen LogP) is 3.61. The van der Waals surface area contributed by atoms with Crippen molar-refractivity contribution in [2.75, 3.05) is 38.1 Å². The Kier molecular flexibility index (Phi) is 5.25. The zero-order valence-corrected chi connectivity index (χ0v) is 16.1. The van der Waals surface area contributed by atoms with Crippen molar-refractivity contribution in [2.45, 2.75) is 26.7 Å². The first-order valence-electron chi connectivity index (χ1n) is 9.78. The maximum Gasteiger partial charge on any atom is 0.165 e. The van der Waals surface area contributed by atoms with Crippen LogP contribution in [0.25, 0.3) is 16.8 Å². The van der Waals surface area contributed by atoms with Crippen molar-refractivity contribution in [2.24, 2.45) is 0 Å². The maximum atomic E-state index is 6.10. The topological polar surface area (TPSA) is 54.7 Å². The second-order valence-corrected chi connectivity index (χ2v) is 7.14. The van der Waals surface area contributed by atoms with Crippen LogP contribution in [0.1, 0.15) is 25.3 Å². The van der Waals surface area contributed by atoms with Gasteiger partial charge in [-0.1, -0.05) is 19.4 Å². The molecule has 4 bridgehead atoms. The molecule has 3 heterocycles. The Hall–Kier alpha value is -2.60. The average Bonchev–Trinajstić information content (AvgIpc) is 3.08. The highest BCUT2D eigenvalue weighted by Crippen LogP contribution is 2.29. The molecule has 4 rings (SSSR count). The molecule has 1 N–H and O–H groups in total. The Morgan fingerprint density at radius 3 is 3.04 bits per heavy atom. The summed E-state index contributed by atoms with van der Waals surface area (Å²) in [6.45, 7) is 8.88. The smallest absolute Gasteiger partial charge is 0.165 e. The minimum atomic E-state index is 0.694. The van der Waals surface area contributed by atoms with Crippen LogP contribution in [-0.4, -0.2) is 52.3 Å². The van der Waals surface area contributed by atoms with Gasteiger partial charge < -0.3 is 10.1 Å². The van der Waals surface area contributed by atoms with E-state index < -0.39 is 0 Å². The summed E-state index contributed by atoms with van der Waals surface area (Å²) in [6.07, 6.45) is 6.25. The van der Waals surface area contributed by atoms with Crippen molar-refractivity contribution in [1.82, 2.24) is 19.5 Å². The fourth-order valence-corrected chi connectivity index (χ4v) is 3.51.